The van der Waals surface area contributed by atoms with Gasteiger partial charge < -0.3 is 9.64 Å². The maximum atomic E-state index is 6.15. The summed E-state index contributed by atoms with van der Waals surface area (Å²) in [7, 11) is 3.79. The molecule has 0 aliphatic carbocycles. The minimum absolute atomic E-state index is 0.546. The number of methoxy groups -OCH3 is 1. The minimum atomic E-state index is 0.546. The predicted molar refractivity (Wildman–Crippen MR) is 129 cm³/mol. The standard InChI is InChI=1S/C25H22Cl2N2O/c1-29-13-12-28-24(11-7-17-6-10-22(26)23(27)14-17)21-9-8-19(16-25(21)29)18-4-3-5-20(15-18)30-2/h3-11,14-16H,12-13H2,1-2H3/b11-7+. The fraction of sp³-hybridized carbons (Fsp3) is 0.160. The molecule has 0 aromatic heterocycles. The lowest BCUT2D eigenvalue weighted by atomic mass is 9.99. The summed E-state index contributed by atoms with van der Waals surface area (Å²) < 4.78 is 5.38. The van der Waals surface area contributed by atoms with Gasteiger partial charge in [0.15, 0.2) is 0 Å². The maximum Gasteiger partial charge on any atom is 0.119 e. The Morgan fingerprint density at radius 2 is 1.77 bits per heavy atom. The van der Waals surface area contributed by atoms with Gasteiger partial charge in [0.05, 0.1) is 29.4 Å². The Labute approximate surface area is 187 Å². The Morgan fingerprint density at radius 3 is 2.57 bits per heavy atom. The summed E-state index contributed by atoms with van der Waals surface area (Å²) in [5.74, 6) is 0.850. The molecule has 3 nitrogen and oxygen atoms in total. The van der Waals surface area contributed by atoms with Crippen LogP contribution >= 0.6 is 23.2 Å². The first-order valence-electron chi connectivity index (χ1n) is 9.73. The number of nitrogens with zero attached hydrogens (tertiary/aromatic N) is 2. The van der Waals surface area contributed by atoms with Crippen LogP contribution in [0.5, 0.6) is 5.75 Å². The molecule has 0 radical (unpaired) electrons. The van der Waals surface area contributed by atoms with E-state index in [1.807, 2.05) is 36.4 Å². The number of halogens is 2. The third-order valence-corrected chi connectivity index (χ3v) is 5.92. The van der Waals surface area contributed by atoms with Gasteiger partial charge in [-0.1, -0.05) is 59.6 Å². The Balaban J connectivity index is 1.70. The van der Waals surface area contributed by atoms with Crippen LogP contribution in [0.15, 0.2) is 71.7 Å². The number of anilines is 1. The van der Waals surface area contributed by atoms with Crippen LogP contribution in [0.2, 0.25) is 10.0 Å². The lowest BCUT2D eigenvalue weighted by Crippen LogP contribution is -2.20. The fourth-order valence-corrected chi connectivity index (χ4v) is 3.81. The average Bonchev–Trinajstić information content (AvgIpc) is 2.93. The number of benzodiazepines with no additional fused rings is 1. The van der Waals surface area contributed by atoms with Crippen molar-refractivity contribution in [1.29, 1.82) is 0 Å². The van der Waals surface area contributed by atoms with E-state index in [1.165, 1.54) is 0 Å². The molecule has 0 atom stereocenters. The van der Waals surface area contributed by atoms with E-state index in [0.29, 0.717) is 10.0 Å². The first-order valence-corrected chi connectivity index (χ1v) is 10.5. The van der Waals surface area contributed by atoms with E-state index < -0.39 is 0 Å². The number of aliphatic imine (C=N–C) groups is 1. The van der Waals surface area contributed by atoms with Gasteiger partial charge >= 0.3 is 0 Å². The molecule has 4 rings (SSSR count). The van der Waals surface area contributed by atoms with E-state index in [2.05, 4.69) is 42.3 Å². The number of allylic oxidation sites excluding steroid dienone is 1. The van der Waals surface area contributed by atoms with Gasteiger partial charge in [-0.25, -0.2) is 0 Å². The number of ether oxygens (including phenoxy) is 1. The quantitative estimate of drug-likeness (QED) is 0.458. The molecule has 30 heavy (non-hydrogen) atoms. The molecule has 152 valence electrons. The summed E-state index contributed by atoms with van der Waals surface area (Å²) in [6, 6.07) is 20.2. The summed E-state index contributed by atoms with van der Waals surface area (Å²) >= 11 is 12.2. The van der Waals surface area contributed by atoms with E-state index >= 15 is 0 Å². The molecule has 1 heterocycles. The van der Waals surface area contributed by atoms with Gasteiger partial charge in [-0.15, -0.1) is 0 Å². The fourth-order valence-electron chi connectivity index (χ4n) is 3.51. The number of benzene rings is 3. The largest absolute Gasteiger partial charge is 0.497 e. The smallest absolute Gasteiger partial charge is 0.119 e. The topological polar surface area (TPSA) is 24.8 Å². The number of hydrogen-bond acceptors (Lipinski definition) is 3. The van der Waals surface area contributed by atoms with E-state index in [1.54, 1.807) is 13.2 Å². The van der Waals surface area contributed by atoms with Crippen molar-refractivity contribution in [3.63, 3.8) is 0 Å². The lowest BCUT2D eigenvalue weighted by Gasteiger charge is -2.20. The van der Waals surface area contributed by atoms with Crippen molar-refractivity contribution >= 4 is 40.7 Å². The molecule has 0 N–H and O–H groups in total. The summed E-state index contributed by atoms with van der Waals surface area (Å²) in [6.45, 7) is 1.60. The van der Waals surface area contributed by atoms with Crippen molar-refractivity contribution in [1.82, 2.24) is 0 Å². The summed E-state index contributed by atoms with van der Waals surface area (Å²) in [4.78, 5) is 7.06. The molecule has 0 amide bonds. The van der Waals surface area contributed by atoms with Crippen LogP contribution in [0.3, 0.4) is 0 Å². The van der Waals surface area contributed by atoms with E-state index in [9.17, 15) is 0 Å². The van der Waals surface area contributed by atoms with E-state index in [0.717, 1.165) is 52.5 Å². The highest BCUT2D eigenvalue weighted by molar-refractivity contribution is 6.42. The summed E-state index contributed by atoms with van der Waals surface area (Å²) in [5.41, 5.74) is 6.48. The zero-order valence-electron chi connectivity index (χ0n) is 16.9. The van der Waals surface area contributed by atoms with Crippen molar-refractivity contribution in [3.05, 3.63) is 87.9 Å². The van der Waals surface area contributed by atoms with Gasteiger partial charge in [0.1, 0.15) is 5.75 Å². The van der Waals surface area contributed by atoms with E-state index in [4.69, 9.17) is 32.9 Å². The van der Waals surface area contributed by atoms with Crippen molar-refractivity contribution < 1.29 is 4.74 Å². The molecular weight excluding hydrogens is 415 g/mol. The molecule has 3 aromatic rings. The molecule has 0 unspecified atom stereocenters. The first kappa shape index (κ1) is 20.5. The van der Waals surface area contributed by atoms with Crippen molar-refractivity contribution in [2.75, 3.05) is 32.1 Å². The second kappa shape index (κ2) is 8.95. The lowest BCUT2D eigenvalue weighted by molar-refractivity contribution is 0.415. The van der Waals surface area contributed by atoms with Crippen LogP contribution in [0.25, 0.3) is 17.2 Å². The second-order valence-electron chi connectivity index (χ2n) is 7.16. The average molecular weight is 437 g/mol. The molecule has 0 fully saturated rings. The van der Waals surface area contributed by atoms with Gasteiger partial charge in [-0.2, -0.15) is 0 Å². The molecule has 0 bridgehead atoms. The third kappa shape index (κ3) is 4.38. The van der Waals surface area contributed by atoms with Crippen LogP contribution in [0, 0.1) is 0 Å². The van der Waals surface area contributed by atoms with Gasteiger partial charge in [-0.3, -0.25) is 4.99 Å². The zero-order valence-corrected chi connectivity index (χ0v) is 18.4. The maximum absolute atomic E-state index is 6.15. The molecular formula is C25H22Cl2N2O. The Morgan fingerprint density at radius 1 is 0.933 bits per heavy atom. The first-order chi connectivity index (χ1) is 14.5. The number of likely N-dealkylation sites (N-methyl/N-ethyl adjacent to an activating group) is 1. The van der Waals surface area contributed by atoms with Gasteiger partial charge in [0, 0.05) is 24.8 Å². The van der Waals surface area contributed by atoms with Crippen LogP contribution < -0.4 is 9.64 Å². The molecule has 0 spiro atoms. The normalized spacial score (nSPS) is 13.7. The highest BCUT2D eigenvalue weighted by Gasteiger charge is 2.16. The summed E-state index contributed by atoms with van der Waals surface area (Å²) in [5, 5.41) is 1.10. The molecule has 0 saturated carbocycles. The Bertz CT molecular complexity index is 1140. The van der Waals surface area contributed by atoms with Crippen molar-refractivity contribution in [2.45, 2.75) is 0 Å². The Hall–Kier alpha value is -2.75. The predicted octanol–water partition coefficient (Wildman–Crippen LogP) is 6.62. The third-order valence-electron chi connectivity index (χ3n) is 5.18. The molecule has 5 heteroatoms. The molecule has 1 aliphatic rings. The highest BCUT2D eigenvalue weighted by atomic mass is 35.5. The molecule has 0 saturated heterocycles. The van der Waals surface area contributed by atoms with E-state index in [-0.39, 0.29) is 0 Å². The van der Waals surface area contributed by atoms with Crippen LogP contribution in [0.4, 0.5) is 5.69 Å². The Kier molecular flexibility index (Phi) is 6.12. The van der Waals surface area contributed by atoms with Gasteiger partial charge in [-0.05, 0) is 53.1 Å². The van der Waals surface area contributed by atoms with Crippen molar-refractivity contribution in [3.8, 4) is 16.9 Å². The van der Waals surface area contributed by atoms with Gasteiger partial charge in [0.25, 0.3) is 0 Å². The number of hydrogen-bond donors (Lipinski definition) is 0. The van der Waals surface area contributed by atoms with Crippen LogP contribution in [-0.2, 0) is 0 Å². The molecule has 3 aromatic carbocycles. The van der Waals surface area contributed by atoms with Gasteiger partial charge in [0.2, 0.25) is 0 Å². The van der Waals surface area contributed by atoms with Crippen LogP contribution in [-0.4, -0.2) is 33.0 Å². The number of fused-ring (bicyclic) bond motifs is 1. The zero-order chi connectivity index (χ0) is 21.1. The highest BCUT2D eigenvalue weighted by Crippen LogP contribution is 2.31. The van der Waals surface area contributed by atoms with Crippen molar-refractivity contribution in [2.24, 2.45) is 4.99 Å². The van der Waals surface area contributed by atoms with Crippen LogP contribution in [0.1, 0.15) is 11.1 Å². The SMILES string of the molecule is COc1cccc(-c2ccc3c(c2)N(C)CCN=C3/C=C/c2ccc(Cl)c(Cl)c2)c1. The minimum Gasteiger partial charge on any atom is -0.497 e. The monoisotopic (exact) mass is 436 g/mol. The molecule has 1 aliphatic heterocycles. The summed E-state index contributed by atoms with van der Waals surface area (Å²) in [6.07, 6.45) is 4.06. The number of rotatable bonds is 4. The second-order valence-corrected chi connectivity index (χ2v) is 7.97.